The molecule has 58 heavy (non-hydrogen) atoms. The molecule has 0 aliphatic rings. The van der Waals surface area contributed by atoms with E-state index in [1.54, 1.807) is 0 Å². The Morgan fingerprint density at radius 2 is 0.862 bits per heavy atom. The predicted molar refractivity (Wildman–Crippen MR) is 250 cm³/mol. The molecule has 0 bridgehead atoms. The van der Waals surface area contributed by atoms with E-state index in [1.165, 1.54) is 154 Å². The molecular formula is C52H99NO5. The first-order valence-corrected chi connectivity index (χ1v) is 25.6. The summed E-state index contributed by atoms with van der Waals surface area (Å²) in [6.07, 6.45) is 52.4. The summed E-state index contributed by atoms with van der Waals surface area (Å²) in [6.45, 7) is 6.42. The number of nitrogens with one attached hydrogen (secondary N) is 1. The fourth-order valence-electron chi connectivity index (χ4n) is 7.84. The highest BCUT2D eigenvalue weighted by molar-refractivity contribution is 5.77. The van der Waals surface area contributed by atoms with Gasteiger partial charge in [0.05, 0.1) is 25.2 Å². The summed E-state index contributed by atoms with van der Waals surface area (Å²) in [7, 11) is 0. The first kappa shape index (κ1) is 56.3. The number of unbranched alkanes of at least 4 members (excludes halogenated alkanes) is 30. The molecule has 0 aliphatic carbocycles. The molecule has 1 amide bonds. The van der Waals surface area contributed by atoms with Crippen LogP contribution in [0.15, 0.2) is 24.3 Å². The fourth-order valence-corrected chi connectivity index (χ4v) is 7.84. The lowest BCUT2D eigenvalue weighted by molar-refractivity contribution is -0.151. The topological polar surface area (TPSA) is 95.9 Å². The number of carbonyl (C=O) groups excluding carboxylic acids is 2. The van der Waals surface area contributed by atoms with Crippen LogP contribution in [-0.4, -0.2) is 46.9 Å². The maximum Gasteiger partial charge on any atom is 0.306 e. The molecular weight excluding hydrogens is 719 g/mol. The van der Waals surface area contributed by atoms with Gasteiger partial charge in [0, 0.05) is 6.42 Å². The van der Waals surface area contributed by atoms with Crippen LogP contribution in [0.3, 0.4) is 0 Å². The Balaban J connectivity index is 4.49. The van der Waals surface area contributed by atoms with Crippen molar-refractivity contribution in [3.63, 3.8) is 0 Å². The molecule has 0 aliphatic heterocycles. The van der Waals surface area contributed by atoms with Crippen molar-refractivity contribution in [2.45, 2.75) is 289 Å². The van der Waals surface area contributed by atoms with E-state index in [-0.39, 0.29) is 24.9 Å². The molecule has 6 heteroatoms. The van der Waals surface area contributed by atoms with Gasteiger partial charge in [-0.2, -0.15) is 0 Å². The molecule has 0 fully saturated rings. The number of aliphatic hydroxyl groups excluding tert-OH is 2. The highest BCUT2D eigenvalue weighted by Gasteiger charge is 2.24. The fraction of sp³-hybridized carbons (Fsp3) is 0.885. The van der Waals surface area contributed by atoms with Gasteiger partial charge in [-0.1, -0.05) is 212 Å². The smallest absolute Gasteiger partial charge is 0.306 e. The number of hydrogen-bond acceptors (Lipinski definition) is 5. The largest absolute Gasteiger partial charge is 0.462 e. The normalized spacial score (nSPS) is 13.4. The third kappa shape index (κ3) is 41.1. The lowest BCUT2D eigenvalue weighted by atomic mass is 10.0. The van der Waals surface area contributed by atoms with Crippen molar-refractivity contribution >= 4 is 11.9 Å². The van der Waals surface area contributed by atoms with Gasteiger partial charge in [0.1, 0.15) is 6.10 Å². The van der Waals surface area contributed by atoms with Crippen molar-refractivity contribution in [3.8, 4) is 0 Å². The Labute approximate surface area is 361 Å². The molecule has 6 nitrogen and oxygen atoms in total. The minimum atomic E-state index is -0.787. The van der Waals surface area contributed by atoms with Crippen molar-refractivity contribution in [1.82, 2.24) is 5.32 Å². The number of ether oxygens (including phenoxy) is 1. The third-order valence-corrected chi connectivity index (χ3v) is 11.7. The Hall–Kier alpha value is -1.66. The first-order valence-electron chi connectivity index (χ1n) is 25.6. The predicted octanol–water partition coefficient (Wildman–Crippen LogP) is 15.1. The lowest BCUT2D eigenvalue weighted by Gasteiger charge is -2.24. The summed E-state index contributed by atoms with van der Waals surface area (Å²) in [4.78, 5) is 26.0. The maximum absolute atomic E-state index is 13.2. The molecule has 3 atom stereocenters. The van der Waals surface area contributed by atoms with E-state index in [1.807, 2.05) is 0 Å². The zero-order valence-electron chi connectivity index (χ0n) is 38.9. The molecule has 0 aromatic heterocycles. The van der Waals surface area contributed by atoms with Crippen LogP contribution in [0.5, 0.6) is 0 Å². The monoisotopic (exact) mass is 818 g/mol. The first-order chi connectivity index (χ1) is 28.5. The van der Waals surface area contributed by atoms with Crippen LogP contribution in [0.1, 0.15) is 271 Å². The Kier molecular flexibility index (Phi) is 45.1. The van der Waals surface area contributed by atoms with Gasteiger partial charge in [-0.25, -0.2) is 0 Å². The van der Waals surface area contributed by atoms with Crippen molar-refractivity contribution in [3.05, 3.63) is 24.3 Å². The van der Waals surface area contributed by atoms with Crippen molar-refractivity contribution in [2.24, 2.45) is 0 Å². The van der Waals surface area contributed by atoms with E-state index >= 15 is 0 Å². The van der Waals surface area contributed by atoms with Gasteiger partial charge < -0.3 is 20.3 Å². The minimum Gasteiger partial charge on any atom is -0.462 e. The molecule has 0 aromatic carbocycles. The van der Waals surface area contributed by atoms with Gasteiger partial charge in [0.2, 0.25) is 5.91 Å². The van der Waals surface area contributed by atoms with Gasteiger partial charge in [-0.05, 0) is 70.6 Å². The van der Waals surface area contributed by atoms with Crippen molar-refractivity contribution in [1.29, 1.82) is 0 Å². The quantitative estimate of drug-likeness (QED) is 0.0323. The number of rotatable bonds is 46. The average Bonchev–Trinajstić information content (AvgIpc) is 3.22. The summed E-state index contributed by atoms with van der Waals surface area (Å²) in [5.41, 5.74) is 0. The highest BCUT2D eigenvalue weighted by Crippen LogP contribution is 2.18. The highest BCUT2D eigenvalue weighted by atomic mass is 16.5. The number of hydrogen-bond donors (Lipinski definition) is 3. The SMILES string of the molecule is CCC/C=C\CCCCCCCC(=O)OC(CCCCCCC/C=C\CCCCCC)CC(=O)NC(CO)C(O)CCCCCCCCCCCCCCCCCC. The molecule has 342 valence electrons. The average molecular weight is 818 g/mol. The lowest BCUT2D eigenvalue weighted by Crippen LogP contribution is -2.46. The number of carbonyl (C=O) groups is 2. The van der Waals surface area contributed by atoms with Crippen LogP contribution in [0.4, 0.5) is 0 Å². The van der Waals surface area contributed by atoms with E-state index in [4.69, 9.17) is 4.74 Å². The number of allylic oxidation sites excluding steroid dienone is 4. The van der Waals surface area contributed by atoms with Crippen LogP contribution in [0, 0.1) is 0 Å². The van der Waals surface area contributed by atoms with Gasteiger partial charge in [-0.3, -0.25) is 9.59 Å². The van der Waals surface area contributed by atoms with Crippen LogP contribution in [0.2, 0.25) is 0 Å². The van der Waals surface area contributed by atoms with Crippen molar-refractivity contribution < 1.29 is 24.5 Å². The number of esters is 1. The maximum atomic E-state index is 13.2. The van der Waals surface area contributed by atoms with Crippen LogP contribution in [0.25, 0.3) is 0 Å². The van der Waals surface area contributed by atoms with Crippen molar-refractivity contribution in [2.75, 3.05) is 6.61 Å². The molecule has 0 saturated heterocycles. The second-order valence-electron chi connectivity index (χ2n) is 17.6. The second-order valence-corrected chi connectivity index (χ2v) is 17.6. The zero-order valence-corrected chi connectivity index (χ0v) is 38.9. The van der Waals surface area contributed by atoms with E-state index in [0.717, 1.165) is 70.6 Å². The molecule has 0 heterocycles. The molecule has 0 radical (unpaired) electrons. The zero-order chi connectivity index (χ0) is 42.4. The molecule has 0 saturated carbocycles. The minimum absolute atomic E-state index is 0.0720. The van der Waals surface area contributed by atoms with E-state index in [2.05, 4.69) is 50.4 Å². The second kappa shape index (κ2) is 46.4. The van der Waals surface area contributed by atoms with E-state index < -0.39 is 18.2 Å². The summed E-state index contributed by atoms with van der Waals surface area (Å²) in [5.74, 6) is -0.485. The molecule has 0 spiro atoms. The van der Waals surface area contributed by atoms with Gasteiger partial charge in [-0.15, -0.1) is 0 Å². The summed E-state index contributed by atoms with van der Waals surface area (Å²) < 4.78 is 5.91. The standard InChI is InChI=1S/C52H99NO5/c1-4-7-10-13-16-19-22-24-25-26-28-30-32-35-38-41-44-50(55)49(47-54)53-51(56)46-48(43-40-37-34-31-29-27-23-20-17-14-11-8-5-2)58-52(57)45-42-39-36-33-21-18-15-12-9-6-3/h12,15,20,23,48-50,54-55H,4-11,13-14,16-19,21-22,24-47H2,1-3H3,(H,53,56)/b15-12-,23-20-. The molecule has 3 unspecified atom stereocenters. The van der Waals surface area contributed by atoms with E-state index in [9.17, 15) is 19.8 Å². The van der Waals surface area contributed by atoms with Gasteiger partial charge in [0.15, 0.2) is 0 Å². The third-order valence-electron chi connectivity index (χ3n) is 11.7. The van der Waals surface area contributed by atoms with Gasteiger partial charge >= 0.3 is 5.97 Å². The summed E-state index contributed by atoms with van der Waals surface area (Å²) in [6, 6.07) is -0.701. The summed E-state index contributed by atoms with van der Waals surface area (Å²) >= 11 is 0. The Morgan fingerprint density at radius 3 is 1.31 bits per heavy atom. The summed E-state index contributed by atoms with van der Waals surface area (Å²) in [5, 5.41) is 23.8. The number of aliphatic hydroxyl groups is 2. The van der Waals surface area contributed by atoms with Crippen LogP contribution in [-0.2, 0) is 14.3 Å². The Bertz CT molecular complexity index is 919. The van der Waals surface area contributed by atoms with Gasteiger partial charge in [0.25, 0.3) is 0 Å². The Morgan fingerprint density at radius 1 is 0.483 bits per heavy atom. The number of amides is 1. The van der Waals surface area contributed by atoms with E-state index in [0.29, 0.717) is 19.3 Å². The van der Waals surface area contributed by atoms with Crippen LogP contribution >= 0.6 is 0 Å². The van der Waals surface area contributed by atoms with Crippen LogP contribution < -0.4 is 5.32 Å². The molecule has 3 N–H and O–H groups in total. The molecule has 0 aromatic rings. The molecule has 0 rings (SSSR count).